The van der Waals surface area contributed by atoms with Gasteiger partial charge >= 0.3 is 6.18 Å². The minimum Gasteiger partial charge on any atom is -0.378 e. The van der Waals surface area contributed by atoms with Crippen LogP contribution in [0.5, 0.6) is 0 Å². The molecule has 1 atom stereocenters. The van der Waals surface area contributed by atoms with E-state index in [1.54, 1.807) is 13.0 Å². The second-order valence-corrected chi connectivity index (χ2v) is 4.78. The van der Waals surface area contributed by atoms with Gasteiger partial charge in [0.2, 0.25) is 0 Å². The summed E-state index contributed by atoms with van der Waals surface area (Å²) in [6.07, 6.45) is -2.92. The fraction of sp³-hybridized carbons (Fsp3) is 0.200. The smallest absolute Gasteiger partial charge is 0.378 e. The highest BCUT2D eigenvalue weighted by molar-refractivity contribution is 5.91. The summed E-state index contributed by atoms with van der Waals surface area (Å²) in [6.45, 7) is 1.80. The number of halogens is 3. The van der Waals surface area contributed by atoms with E-state index in [9.17, 15) is 18.0 Å². The van der Waals surface area contributed by atoms with Crippen molar-refractivity contribution < 1.29 is 18.0 Å². The molecule has 7 heteroatoms. The molecule has 1 aromatic heterocycles. The van der Waals surface area contributed by atoms with E-state index in [2.05, 4.69) is 10.3 Å². The van der Waals surface area contributed by atoms with Crippen LogP contribution in [0.4, 0.5) is 18.9 Å². The summed E-state index contributed by atoms with van der Waals surface area (Å²) in [6, 6.07) is 7.79. The minimum atomic E-state index is -4.35. The molecule has 0 fully saturated rings. The van der Waals surface area contributed by atoms with Crippen molar-refractivity contribution in [3.63, 3.8) is 0 Å². The van der Waals surface area contributed by atoms with Crippen LogP contribution in [0.25, 0.3) is 0 Å². The summed E-state index contributed by atoms with van der Waals surface area (Å²) in [5, 5.41) is 3.08. The SMILES string of the molecule is CC(Nc1ccnc(C(N)=O)c1)c1ccc(C(F)(F)F)cc1. The van der Waals surface area contributed by atoms with Gasteiger partial charge in [-0.2, -0.15) is 13.2 Å². The number of anilines is 1. The molecule has 0 bridgehead atoms. The first kappa shape index (κ1) is 15.8. The molecule has 2 rings (SSSR count). The molecule has 0 aliphatic rings. The molecule has 0 aliphatic heterocycles. The standard InChI is InChI=1S/C15H14F3N3O/c1-9(10-2-4-11(5-3-10)15(16,17)18)21-12-6-7-20-13(8-12)14(19)22/h2-9H,1H3,(H2,19,22)(H,20,21). The van der Waals surface area contributed by atoms with Gasteiger partial charge in [-0.25, -0.2) is 0 Å². The Labute approximate surface area is 125 Å². The summed E-state index contributed by atoms with van der Waals surface area (Å²) in [7, 11) is 0. The van der Waals surface area contributed by atoms with Crippen molar-refractivity contribution in [3.8, 4) is 0 Å². The van der Waals surface area contributed by atoms with Crippen molar-refractivity contribution in [1.29, 1.82) is 0 Å². The number of alkyl halides is 3. The number of pyridine rings is 1. The Morgan fingerprint density at radius 2 is 1.86 bits per heavy atom. The minimum absolute atomic E-state index is 0.115. The van der Waals surface area contributed by atoms with E-state index >= 15 is 0 Å². The van der Waals surface area contributed by atoms with Crippen LogP contribution in [0.2, 0.25) is 0 Å². The Morgan fingerprint density at radius 3 is 2.41 bits per heavy atom. The zero-order valence-corrected chi connectivity index (χ0v) is 11.7. The van der Waals surface area contributed by atoms with Crippen molar-refractivity contribution >= 4 is 11.6 Å². The van der Waals surface area contributed by atoms with Gasteiger partial charge in [-0.15, -0.1) is 0 Å². The van der Waals surface area contributed by atoms with Gasteiger partial charge in [0.1, 0.15) is 5.69 Å². The maximum atomic E-state index is 12.5. The van der Waals surface area contributed by atoms with Crippen LogP contribution in [0, 0.1) is 0 Å². The molecule has 3 N–H and O–H groups in total. The quantitative estimate of drug-likeness (QED) is 0.910. The van der Waals surface area contributed by atoms with E-state index in [1.807, 2.05) is 0 Å². The van der Waals surface area contributed by atoms with Crippen molar-refractivity contribution in [2.24, 2.45) is 5.73 Å². The first-order valence-corrected chi connectivity index (χ1v) is 6.47. The molecule has 1 unspecified atom stereocenters. The summed E-state index contributed by atoms with van der Waals surface area (Å²) in [4.78, 5) is 14.9. The molecular weight excluding hydrogens is 295 g/mol. The van der Waals surface area contributed by atoms with Gasteiger partial charge in [-0.3, -0.25) is 9.78 Å². The van der Waals surface area contributed by atoms with Crippen molar-refractivity contribution in [1.82, 2.24) is 4.98 Å². The van der Waals surface area contributed by atoms with Crippen LogP contribution in [-0.4, -0.2) is 10.9 Å². The largest absolute Gasteiger partial charge is 0.416 e. The monoisotopic (exact) mass is 309 g/mol. The van der Waals surface area contributed by atoms with Crippen molar-refractivity contribution in [2.45, 2.75) is 19.1 Å². The summed E-state index contributed by atoms with van der Waals surface area (Å²) in [5.41, 5.74) is 5.86. The van der Waals surface area contributed by atoms with E-state index in [4.69, 9.17) is 5.73 Å². The number of nitrogens with zero attached hydrogens (tertiary/aromatic N) is 1. The molecule has 22 heavy (non-hydrogen) atoms. The summed E-state index contributed by atoms with van der Waals surface area (Å²) < 4.78 is 37.6. The van der Waals surface area contributed by atoms with Crippen LogP contribution in [0.3, 0.4) is 0 Å². The van der Waals surface area contributed by atoms with E-state index in [0.29, 0.717) is 11.3 Å². The fourth-order valence-corrected chi connectivity index (χ4v) is 1.95. The molecule has 1 amide bonds. The number of rotatable bonds is 4. The molecule has 0 saturated heterocycles. The number of amides is 1. The Kier molecular flexibility index (Phi) is 4.35. The van der Waals surface area contributed by atoms with Crippen LogP contribution >= 0.6 is 0 Å². The summed E-state index contributed by atoms with van der Waals surface area (Å²) in [5.74, 6) is -0.647. The molecule has 0 spiro atoms. The van der Waals surface area contributed by atoms with Crippen molar-refractivity contribution in [3.05, 3.63) is 59.4 Å². The average molecular weight is 309 g/mol. The van der Waals surface area contributed by atoms with Gasteiger partial charge < -0.3 is 11.1 Å². The normalized spacial score (nSPS) is 12.7. The Hall–Kier alpha value is -2.57. The lowest BCUT2D eigenvalue weighted by Gasteiger charge is -2.17. The molecule has 2 aromatic rings. The zero-order chi connectivity index (χ0) is 16.3. The van der Waals surface area contributed by atoms with E-state index in [-0.39, 0.29) is 11.7 Å². The zero-order valence-electron chi connectivity index (χ0n) is 11.7. The number of benzene rings is 1. The topological polar surface area (TPSA) is 68.0 Å². The lowest BCUT2D eigenvalue weighted by Crippen LogP contribution is -2.14. The Morgan fingerprint density at radius 1 is 1.23 bits per heavy atom. The number of primary amides is 1. The summed E-state index contributed by atoms with van der Waals surface area (Å²) >= 11 is 0. The van der Waals surface area contributed by atoms with Gasteiger partial charge in [0.25, 0.3) is 5.91 Å². The van der Waals surface area contributed by atoms with Gasteiger partial charge in [-0.1, -0.05) is 12.1 Å². The Balaban J connectivity index is 2.13. The number of carbonyl (C=O) groups excluding carboxylic acids is 1. The number of hydrogen-bond donors (Lipinski definition) is 2. The molecule has 0 aliphatic carbocycles. The number of nitrogens with two attached hydrogens (primary N) is 1. The van der Waals surface area contributed by atoms with E-state index in [0.717, 1.165) is 12.1 Å². The molecular formula is C15H14F3N3O. The van der Waals surface area contributed by atoms with Gasteiger partial charge in [0.05, 0.1) is 5.56 Å². The fourth-order valence-electron chi connectivity index (χ4n) is 1.95. The van der Waals surface area contributed by atoms with E-state index < -0.39 is 17.6 Å². The second-order valence-electron chi connectivity index (χ2n) is 4.78. The third kappa shape index (κ3) is 3.75. The number of nitrogens with one attached hydrogen (secondary N) is 1. The number of hydrogen-bond acceptors (Lipinski definition) is 3. The third-order valence-corrected chi connectivity index (χ3v) is 3.13. The first-order chi connectivity index (χ1) is 10.3. The van der Waals surface area contributed by atoms with Gasteiger partial charge in [-0.05, 0) is 36.8 Å². The Bertz CT molecular complexity index is 668. The molecule has 1 heterocycles. The van der Waals surface area contributed by atoms with Crippen LogP contribution in [0.1, 0.15) is 34.6 Å². The molecule has 1 aromatic carbocycles. The van der Waals surface area contributed by atoms with Crippen LogP contribution < -0.4 is 11.1 Å². The maximum Gasteiger partial charge on any atom is 0.416 e. The van der Waals surface area contributed by atoms with Crippen molar-refractivity contribution in [2.75, 3.05) is 5.32 Å². The second kappa shape index (κ2) is 6.05. The van der Waals surface area contributed by atoms with E-state index in [1.165, 1.54) is 24.4 Å². The first-order valence-electron chi connectivity index (χ1n) is 6.47. The van der Waals surface area contributed by atoms with Gasteiger partial charge in [0.15, 0.2) is 0 Å². The van der Waals surface area contributed by atoms with Gasteiger partial charge in [0, 0.05) is 17.9 Å². The third-order valence-electron chi connectivity index (χ3n) is 3.13. The molecule has 116 valence electrons. The predicted molar refractivity (Wildman–Crippen MR) is 76.2 cm³/mol. The van der Waals surface area contributed by atoms with Crippen LogP contribution in [0.15, 0.2) is 42.6 Å². The molecule has 0 saturated carbocycles. The van der Waals surface area contributed by atoms with Crippen LogP contribution in [-0.2, 0) is 6.18 Å². The highest BCUT2D eigenvalue weighted by Crippen LogP contribution is 2.30. The molecule has 4 nitrogen and oxygen atoms in total. The maximum absolute atomic E-state index is 12.5. The average Bonchev–Trinajstić information content (AvgIpc) is 2.46. The number of carbonyl (C=O) groups is 1. The highest BCUT2D eigenvalue weighted by Gasteiger charge is 2.30. The predicted octanol–water partition coefficient (Wildman–Crippen LogP) is 3.37. The lowest BCUT2D eigenvalue weighted by molar-refractivity contribution is -0.137. The molecule has 0 radical (unpaired) electrons. The lowest BCUT2D eigenvalue weighted by atomic mass is 10.1. The number of aromatic nitrogens is 1. The highest BCUT2D eigenvalue weighted by atomic mass is 19.4.